The van der Waals surface area contributed by atoms with Crippen LogP contribution in [0.3, 0.4) is 0 Å². The molecule has 2 fully saturated rings. The van der Waals surface area contributed by atoms with Crippen molar-refractivity contribution in [3.63, 3.8) is 0 Å². The molecule has 110 valence electrons. The predicted molar refractivity (Wildman–Crippen MR) is 79.3 cm³/mol. The second kappa shape index (κ2) is 5.32. The lowest BCUT2D eigenvalue weighted by molar-refractivity contribution is 0.279. The molecule has 0 atom stereocenters. The standard InChI is InChI=1S/C16H24FN3/c1-16(2)5-7-20(8-6-16)15-12(9-13(17)11-19-15)10-18-14-3-4-14/h9,11,14,18H,3-8,10H2,1-2H3. The van der Waals surface area contributed by atoms with Gasteiger partial charge in [-0.05, 0) is 37.2 Å². The Kier molecular flexibility index (Phi) is 3.67. The van der Waals surface area contributed by atoms with Crippen molar-refractivity contribution in [3.8, 4) is 0 Å². The molecule has 1 aromatic heterocycles. The maximum Gasteiger partial charge on any atom is 0.141 e. The minimum Gasteiger partial charge on any atom is -0.356 e. The van der Waals surface area contributed by atoms with Gasteiger partial charge in [0.1, 0.15) is 11.6 Å². The van der Waals surface area contributed by atoms with Gasteiger partial charge in [-0.3, -0.25) is 0 Å². The fourth-order valence-electron chi connectivity index (χ4n) is 2.75. The highest BCUT2D eigenvalue weighted by Gasteiger charge is 2.27. The SMILES string of the molecule is CC1(C)CCN(c2ncc(F)cc2CNC2CC2)CC1. The molecule has 1 saturated carbocycles. The normalized spacial score (nSPS) is 22.1. The highest BCUT2D eigenvalue weighted by molar-refractivity contribution is 5.47. The number of nitrogens with one attached hydrogen (secondary N) is 1. The van der Waals surface area contributed by atoms with E-state index in [0.717, 1.165) is 31.0 Å². The molecular weight excluding hydrogens is 253 g/mol. The Morgan fingerprint density at radius 3 is 2.70 bits per heavy atom. The lowest BCUT2D eigenvalue weighted by Crippen LogP contribution is -2.38. The summed E-state index contributed by atoms with van der Waals surface area (Å²) in [6.45, 7) is 7.39. The molecule has 0 radical (unpaired) electrons. The van der Waals surface area contributed by atoms with Gasteiger partial charge in [0.15, 0.2) is 0 Å². The number of hydrogen-bond acceptors (Lipinski definition) is 3. The summed E-state index contributed by atoms with van der Waals surface area (Å²) in [6, 6.07) is 2.27. The van der Waals surface area contributed by atoms with Gasteiger partial charge in [-0.1, -0.05) is 13.8 Å². The van der Waals surface area contributed by atoms with Gasteiger partial charge in [0, 0.05) is 31.2 Å². The highest BCUT2D eigenvalue weighted by Crippen LogP contribution is 2.33. The zero-order valence-electron chi connectivity index (χ0n) is 12.5. The van der Waals surface area contributed by atoms with E-state index in [-0.39, 0.29) is 5.82 Å². The maximum absolute atomic E-state index is 13.5. The molecule has 2 heterocycles. The molecule has 4 heteroatoms. The van der Waals surface area contributed by atoms with E-state index in [9.17, 15) is 4.39 Å². The van der Waals surface area contributed by atoms with Crippen LogP contribution in [0.25, 0.3) is 0 Å². The summed E-state index contributed by atoms with van der Waals surface area (Å²) in [5.74, 6) is 0.730. The van der Waals surface area contributed by atoms with Crippen molar-refractivity contribution in [2.45, 2.75) is 52.1 Å². The number of rotatable bonds is 4. The number of pyridine rings is 1. The molecule has 1 aliphatic carbocycles. The molecule has 1 saturated heterocycles. The average Bonchev–Trinajstić information content (AvgIpc) is 3.21. The molecular formula is C16H24FN3. The molecule has 3 nitrogen and oxygen atoms in total. The van der Waals surface area contributed by atoms with E-state index in [2.05, 4.69) is 29.0 Å². The van der Waals surface area contributed by atoms with Gasteiger partial charge in [-0.25, -0.2) is 9.37 Å². The minimum absolute atomic E-state index is 0.237. The Bertz CT molecular complexity index is 473. The van der Waals surface area contributed by atoms with Crippen LogP contribution in [-0.4, -0.2) is 24.1 Å². The van der Waals surface area contributed by atoms with Gasteiger partial charge in [0.25, 0.3) is 0 Å². The molecule has 1 aromatic rings. The Balaban J connectivity index is 1.73. The third-order valence-corrected chi connectivity index (χ3v) is 4.48. The van der Waals surface area contributed by atoms with Crippen LogP contribution in [0.1, 0.15) is 45.1 Å². The van der Waals surface area contributed by atoms with Gasteiger partial charge in [0.2, 0.25) is 0 Å². The minimum atomic E-state index is -0.237. The van der Waals surface area contributed by atoms with Crippen LogP contribution in [0, 0.1) is 11.2 Å². The van der Waals surface area contributed by atoms with Crippen LogP contribution in [-0.2, 0) is 6.54 Å². The fraction of sp³-hybridized carbons (Fsp3) is 0.688. The van der Waals surface area contributed by atoms with Crippen molar-refractivity contribution in [1.29, 1.82) is 0 Å². The number of hydrogen-bond donors (Lipinski definition) is 1. The second-order valence-corrected chi connectivity index (χ2v) is 6.94. The van der Waals surface area contributed by atoms with Gasteiger partial charge >= 0.3 is 0 Å². The Morgan fingerprint density at radius 1 is 1.35 bits per heavy atom. The quantitative estimate of drug-likeness (QED) is 0.916. The third kappa shape index (κ3) is 3.29. The monoisotopic (exact) mass is 277 g/mol. The van der Waals surface area contributed by atoms with Crippen molar-refractivity contribution in [2.24, 2.45) is 5.41 Å². The van der Waals surface area contributed by atoms with E-state index in [0.29, 0.717) is 11.5 Å². The molecule has 20 heavy (non-hydrogen) atoms. The van der Waals surface area contributed by atoms with Crippen molar-refractivity contribution in [2.75, 3.05) is 18.0 Å². The van der Waals surface area contributed by atoms with Crippen LogP contribution in [0.4, 0.5) is 10.2 Å². The Morgan fingerprint density at radius 2 is 2.05 bits per heavy atom. The molecule has 1 N–H and O–H groups in total. The summed E-state index contributed by atoms with van der Waals surface area (Å²) >= 11 is 0. The van der Waals surface area contributed by atoms with Crippen molar-refractivity contribution >= 4 is 5.82 Å². The van der Waals surface area contributed by atoms with E-state index in [1.165, 1.54) is 31.9 Å². The van der Waals surface area contributed by atoms with Crippen molar-refractivity contribution in [1.82, 2.24) is 10.3 Å². The van der Waals surface area contributed by atoms with Crippen LogP contribution in [0.2, 0.25) is 0 Å². The van der Waals surface area contributed by atoms with E-state index in [4.69, 9.17) is 0 Å². The summed E-state index contributed by atoms with van der Waals surface area (Å²) in [6.07, 6.45) is 6.17. The molecule has 0 bridgehead atoms. The molecule has 0 spiro atoms. The van der Waals surface area contributed by atoms with Crippen LogP contribution >= 0.6 is 0 Å². The topological polar surface area (TPSA) is 28.2 Å². The van der Waals surface area contributed by atoms with Crippen LogP contribution in [0.5, 0.6) is 0 Å². The zero-order valence-corrected chi connectivity index (χ0v) is 12.5. The number of nitrogens with zero attached hydrogens (tertiary/aromatic N) is 2. The van der Waals surface area contributed by atoms with Crippen molar-refractivity contribution < 1.29 is 4.39 Å². The number of anilines is 1. The van der Waals surface area contributed by atoms with Gasteiger partial charge < -0.3 is 10.2 Å². The summed E-state index contributed by atoms with van der Waals surface area (Å²) in [5, 5.41) is 3.46. The average molecular weight is 277 g/mol. The summed E-state index contributed by atoms with van der Waals surface area (Å²) in [7, 11) is 0. The van der Waals surface area contributed by atoms with E-state index < -0.39 is 0 Å². The highest BCUT2D eigenvalue weighted by atomic mass is 19.1. The lowest BCUT2D eigenvalue weighted by atomic mass is 9.82. The number of piperidine rings is 1. The first-order valence-corrected chi connectivity index (χ1v) is 7.66. The molecule has 2 aliphatic rings. The smallest absolute Gasteiger partial charge is 0.141 e. The summed E-state index contributed by atoms with van der Waals surface area (Å²) < 4.78 is 13.5. The van der Waals surface area contributed by atoms with Crippen molar-refractivity contribution in [3.05, 3.63) is 23.6 Å². The largest absolute Gasteiger partial charge is 0.356 e. The van der Waals surface area contributed by atoms with E-state index in [1.807, 2.05) is 0 Å². The molecule has 1 aliphatic heterocycles. The first-order chi connectivity index (χ1) is 9.53. The number of halogens is 1. The molecule has 0 amide bonds. The molecule has 0 unspecified atom stereocenters. The number of aromatic nitrogens is 1. The predicted octanol–water partition coefficient (Wildman–Crippen LogP) is 3.10. The van der Waals surface area contributed by atoms with Gasteiger partial charge in [-0.2, -0.15) is 0 Å². The first-order valence-electron chi connectivity index (χ1n) is 7.66. The zero-order chi connectivity index (χ0) is 14.2. The first kappa shape index (κ1) is 13.8. The van der Waals surface area contributed by atoms with E-state index >= 15 is 0 Å². The Labute approximate surface area is 120 Å². The van der Waals surface area contributed by atoms with Crippen LogP contribution in [0.15, 0.2) is 12.3 Å². The van der Waals surface area contributed by atoms with Gasteiger partial charge in [0.05, 0.1) is 6.20 Å². The second-order valence-electron chi connectivity index (χ2n) is 6.94. The third-order valence-electron chi connectivity index (χ3n) is 4.48. The molecule has 0 aromatic carbocycles. The lowest BCUT2D eigenvalue weighted by Gasteiger charge is -2.38. The molecule has 3 rings (SSSR count). The summed E-state index contributed by atoms with van der Waals surface area (Å²) in [4.78, 5) is 6.67. The Hall–Kier alpha value is -1.16. The van der Waals surface area contributed by atoms with E-state index in [1.54, 1.807) is 6.07 Å². The maximum atomic E-state index is 13.5. The van der Waals surface area contributed by atoms with Gasteiger partial charge in [-0.15, -0.1) is 0 Å². The fourth-order valence-corrected chi connectivity index (χ4v) is 2.75. The summed E-state index contributed by atoms with van der Waals surface area (Å²) in [5.41, 5.74) is 1.42. The van der Waals surface area contributed by atoms with Crippen LogP contribution < -0.4 is 10.2 Å².